The summed E-state index contributed by atoms with van der Waals surface area (Å²) in [5.74, 6) is 1.33. The van der Waals surface area contributed by atoms with Crippen LogP contribution in [0.25, 0.3) is 0 Å². The van der Waals surface area contributed by atoms with Crippen LogP contribution in [0.5, 0.6) is 0 Å². The molecule has 5 heteroatoms. The van der Waals surface area contributed by atoms with Gasteiger partial charge >= 0.3 is 0 Å². The Kier molecular flexibility index (Phi) is 5.95. The Hall–Kier alpha value is -2.27. The molecule has 152 valence electrons. The van der Waals surface area contributed by atoms with Crippen LogP contribution < -0.4 is 0 Å². The lowest BCUT2D eigenvalue weighted by molar-refractivity contribution is -0.132. The highest BCUT2D eigenvalue weighted by Gasteiger charge is 2.47. The van der Waals surface area contributed by atoms with Gasteiger partial charge in [-0.2, -0.15) is 0 Å². The van der Waals surface area contributed by atoms with Crippen LogP contribution in [0, 0.1) is 6.92 Å². The van der Waals surface area contributed by atoms with Crippen LogP contribution in [0.4, 0.5) is 0 Å². The Labute approximate surface area is 177 Å². The van der Waals surface area contributed by atoms with Crippen molar-refractivity contribution in [2.24, 2.45) is 0 Å². The molecule has 2 aromatic rings. The quantitative estimate of drug-likeness (QED) is 0.764. The molecule has 2 saturated heterocycles. The van der Waals surface area contributed by atoms with Crippen molar-refractivity contribution in [2.75, 3.05) is 25.4 Å². The fourth-order valence-corrected chi connectivity index (χ4v) is 5.88. The van der Waals surface area contributed by atoms with Crippen LogP contribution in [-0.4, -0.2) is 51.9 Å². The summed E-state index contributed by atoms with van der Waals surface area (Å²) in [6.07, 6.45) is 3.04. The molecule has 29 heavy (non-hydrogen) atoms. The maximum absolute atomic E-state index is 13.2. The minimum Gasteiger partial charge on any atom is -0.342 e. The van der Waals surface area contributed by atoms with E-state index in [1.807, 2.05) is 66.1 Å². The molecule has 2 fully saturated rings. The van der Waals surface area contributed by atoms with Crippen molar-refractivity contribution < 1.29 is 9.59 Å². The zero-order valence-corrected chi connectivity index (χ0v) is 17.8. The monoisotopic (exact) mass is 408 g/mol. The van der Waals surface area contributed by atoms with Crippen LogP contribution >= 0.6 is 11.8 Å². The fraction of sp³-hybridized carbons (Fsp3) is 0.417. The first-order valence-electron chi connectivity index (χ1n) is 10.4. The number of nitrogens with zero attached hydrogens (tertiary/aromatic N) is 2. The lowest BCUT2D eigenvalue weighted by Gasteiger charge is -2.44. The summed E-state index contributed by atoms with van der Waals surface area (Å²) in [4.78, 5) is 29.9. The minimum atomic E-state index is -0.157. The van der Waals surface area contributed by atoms with Crippen molar-refractivity contribution >= 4 is 23.6 Å². The van der Waals surface area contributed by atoms with Gasteiger partial charge in [0.05, 0.1) is 4.87 Å². The first-order chi connectivity index (χ1) is 14.1. The third-order valence-electron chi connectivity index (χ3n) is 6.17. The third kappa shape index (κ3) is 4.20. The molecule has 2 aromatic carbocycles. The first-order valence-corrected chi connectivity index (χ1v) is 11.4. The molecule has 0 N–H and O–H groups in total. The highest BCUT2D eigenvalue weighted by atomic mass is 32.2. The summed E-state index contributed by atoms with van der Waals surface area (Å²) >= 11 is 1.89. The van der Waals surface area contributed by atoms with Crippen LogP contribution in [0.1, 0.15) is 40.7 Å². The van der Waals surface area contributed by atoms with Crippen molar-refractivity contribution in [2.45, 2.75) is 37.5 Å². The maximum atomic E-state index is 13.2. The van der Waals surface area contributed by atoms with Gasteiger partial charge in [-0.15, -0.1) is 11.8 Å². The van der Waals surface area contributed by atoms with E-state index in [-0.39, 0.29) is 16.7 Å². The molecule has 0 atom stereocenters. The molecule has 1 spiro atoms. The largest absolute Gasteiger partial charge is 0.342 e. The molecular formula is C24H28N2O2S. The van der Waals surface area contributed by atoms with Gasteiger partial charge in [0.15, 0.2) is 0 Å². The molecule has 4 nitrogen and oxygen atoms in total. The number of hydrogen-bond donors (Lipinski definition) is 0. The summed E-state index contributed by atoms with van der Waals surface area (Å²) in [5, 5.41) is 0. The number of aryl methyl sites for hydroxylation is 2. The van der Waals surface area contributed by atoms with E-state index in [9.17, 15) is 9.59 Å². The van der Waals surface area contributed by atoms with Crippen molar-refractivity contribution in [1.29, 1.82) is 0 Å². The van der Waals surface area contributed by atoms with Crippen LogP contribution in [0.3, 0.4) is 0 Å². The lowest BCUT2D eigenvalue weighted by Crippen LogP contribution is -2.53. The van der Waals surface area contributed by atoms with Gasteiger partial charge in [-0.05, 0) is 43.4 Å². The molecule has 0 unspecified atom stereocenters. The number of likely N-dealkylation sites (tertiary alicyclic amines) is 1. The molecule has 0 radical (unpaired) electrons. The molecular weight excluding hydrogens is 380 g/mol. The van der Waals surface area contributed by atoms with Gasteiger partial charge in [-0.25, -0.2) is 0 Å². The van der Waals surface area contributed by atoms with E-state index >= 15 is 0 Å². The van der Waals surface area contributed by atoms with Crippen molar-refractivity contribution in [1.82, 2.24) is 9.80 Å². The molecule has 2 aliphatic heterocycles. The van der Waals surface area contributed by atoms with E-state index in [0.717, 1.165) is 55.8 Å². The van der Waals surface area contributed by atoms with Gasteiger partial charge in [-0.3, -0.25) is 9.59 Å². The minimum absolute atomic E-state index is 0.136. The number of hydrogen-bond acceptors (Lipinski definition) is 3. The van der Waals surface area contributed by atoms with E-state index in [1.54, 1.807) is 0 Å². The normalized spacial score (nSPS) is 18.2. The number of piperidine rings is 1. The summed E-state index contributed by atoms with van der Waals surface area (Å²) < 4.78 is 0. The van der Waals surface area contributed by atoms with E-state index in [0.29, 0.717) is 6.42 Å². The van der Waals surface area contributed by atoms with E-state index in [2.05, 4.69) is 17.0 Å². The Balaban J connectivity index is 1.38. The van der Waals surface area contributed by atoms with Gasteiger partial charge in [0, 0.05) is 37.4 Å². The Morgan fingerprint density at radius 2 is 1.66 bits per heavy atom. The van der Waals surface area contributed by atoms with Crippen LogP contribution in [0.2, 0.25) is 0 Å². The number of amides is 2. The highest BCUT2D eigenvalue weighted by molar-refractivity contribution is 8.00. The Bertz CT molecular complexity index is 875. The number of carbonyl (C=O) groups excluding carboxylic acids is 2. The molecule has 2 amide bonds. The predicted molar refractivity (Wildman–Crippen MR) is 118 cm³/mol. The number of rotatable bonds is 4. The molecule has 0 aliphatic carbocycles. The highest BCUT2D eigenvalue weighted by Crippen LogP contribution is 2.44. The molecule has 4 rings (SSSR count). The van der Waals surface area contributed by atoms with Gasteiger partial charge < -0.3 is 9.80 Å². The number of thioether (sulfide) groups is 1. The van der Waals surface area contributed by atoms with Crippen LogP contribution in [-0.2, 0) is 11.2 Å². The van der Waals surface area contributed by atoms with Crippen molar-refractivity contribution in [3.05, 3.63) is 71.3 Å². The predicted octanol–water partition coefficient (Wildman–Crippen LogP) is 4.14. The topological polar surface area (TPSA) is 40.6 Å². The molecule has 2 heterocycles. The fourth-order valence-electron chi connectivity index (χ4n) is 4.43. The lowest BCUT2D eigenvalue weighted by atomic mass is 9.99. The average Bonchev–Trinajstić information content (AvgIpc) is 3.16. The second-order valence-corrected chi connectivity index (χ2v) is 9.39. The summed E-state index contributed by atoms with van der Waals surface area (Å²) in [7, 11) is 0. The smallest absolute Gasteiger partial charge is 0.255 e. The summed E-state index contributed by atoms with van der Waals surface area (Å²) in [6.45, 7) is 4.26. The van der Waals surface area contributed by atoms with Gasteiger partial charge in [-0.1, -0.05) is 48.5 Å². The molecule has 0 saturated carbocycles. The SMILES string of the molecule is Cc1ccccc1C(=O)N1CCSC12CCN(C(=O)CCc1ccccc1)CC2. The van der Waals surface area contributed by atoms with E-state index in [4.69, 9.17) is 0 Å². The Morgan fingerprint density at radius 3 is 2.38 bits per heavy atom. The zero-order valence-electron chi connectivity index (χ0n) is 17.0. The first kappa shape index (κ1) is 20.0. The number of carbonyl (C=O) groups is 2. The van der Waals surface area contributed by atoms with Gasteiger partial charge in [0.1, 0.15) is 0 Å². The third-order valence-corrected chi connectivity index (χ3v) is 7.72. The van der Waals surface area contributed by atoms with Crippen molar-refractivity contribution in [3.63, 3.8) is 0 Å². The second kappa shape index (κ2) is 8.62. The standard InChI is InChI=1S/C24H28N2O2S/c1-19-7-5-6-10-21(19)23(28)26-17-18-29-24(26)13-15-25(16-14-24)22(27)12-11-20-8-3-2-4-9-20/h2-10H,11-18H2,1H3. The Morgan fingerprint density at radius 1 is 0.966 bits per heavy atom. The van der Waals surface area contributed by atoms with Gasteiger partial charge in [0.2, 0.25) is 5.91 Å². The second-order valence-electron chi connectivity index (χ2n) is 7.93. The summed E-state index contributed by atoms with van der Waals surface area (Å²) in [6, 6.07) is 18.0. The molecule has 2 aliphatic rings. The molecule has 0 aromatic heterocycles. The zero-order chi connectivity index (χ0) is 20.3. The van der Waals surface area contributed by atoms with E-state index < -0.39 is 0 Å². The van der Waals surface area contributed by atoms with Crippen LogP contribution in [0.15, 0.2) is 54.6 Å². The maximum Gasteiger partial charge on any atom is 0.255 e. The summed E-state index contributed by atoms with van der Waals surface area (Å²) in [5.41, 5.74) is 3.03. The molecule has 0 bridgehead atoms. The number of benzene rings is 2. The van der Waals surface area contributed by atoms with E-state index in [1.165, 1.54) is 5.56 Å². The average molecular weight is 409 g/mol. The van der Waals surface area contributed by atoms with Gasteiger partial charge in [0.25, 0.3) is 5.91 Å². The van der Waals surface area contributed by atoms with Crippen molar-refractivity contribution in [3.8, 4) is 0 Å².